The largest absolute Gasteiger partial charge is 0.503 e. The average molecular weight is 358 g/mol. The number of primary amides is 1. The highest BCUT2D eigenvalue weighted by molar-refractivity contribution is 9.10. The second kappa shape index (κ2) is 7.11. The summed E-state index contributed by atoms with van der Waals surface area (Å²) in [6.07, 6.45) is 0.959. The van der Waals surface area contributed by atoms with Crippen LogP contribution in [0.25, 0.3) is 0 Å². The number of rotatable bonds is 4. The van der Waals surface area contributed by atoms with Crippen molar-refractivity contribution in [3.05, 3.63) is 22.2 Å². The summed E-state index contributed by atoms with van der Waals surface area (Å²) in [7, 11) is 1.47. The molecule has 1 aliphatic rings. The van der Waals surface area contributed by atoms with E-state index in [9.17, 15) is 9.90 Å². The van der Waals surface area contributed by atoms with Gasteiger partial charge in [0.2, 0.25) is 5.91 Å². The second-order valence-electron chi connectivity index (χ2n) is 5.00. The number of nitrogens with zero attached hydrogens (tertiary/aromatic N) is 1. The number of hydrogen-bond acceptors (Lipinski definition) is 5. The van der Waals surface area contributed by atoms with Gasteiger partial charge in [-0.15, -0.1) is 0 Å². The number of amides is 1. The molecule has 1 fully saturated rings. The van der Waals surface area contributed by atoms with Crippen molar-refractivity contribution in [2.75, 3.05) is 33.3 Å². The summed E-state index contributed by atoms with van der Waals surface area (Å²) in [5.41, 5.74) is 6.32. The zero-order valence-corrected chi connectivity index (χ0v) is 13.5. The van der Waals surface area contributed by atoms with Crippen LogP contribution in [0, 0.1) is 0 Å². The molecule has 0 saturated carbocycles. The molecule has 4 N–H and O–H groups in total. The van der Waals surface area contributed by atoms with E-state index in [-0.39, 0.29) is 5.75 Å². The summed E-state index contributed by atoms with van der Waals surface area (Å²) in [5.74, 6) is -0.0721. The molecule has 1 amide bonds. The normalized spacial score (nSPS) is 18.0. The van der Waals surface area contributed by atoms with Crippen LogP contribution in [0.1, 0.15) is 18.0 Å². The molecule has 1 unspecified atom stereocenters. The van der Waals surface area contributed by atoms with E-state index < -0.39 is 11.9 Å². The van der Waals surface area contributed by atoms with Crippen molar-refractivity contribution < 1.29 is 14.6 Å². The summed E-state index contributed by atoms with van der Waals surface area (Å²) in [6.45, 7) is 3.29. The molecule has 116 valence electrons. The second-order valence-corrected chi connectivity index (χ2v) is 5.85. The Hall–Kier alpha value is -1.31. The molecule has 1 aromatic rings. The van der Waals surface area contributed by atoms with Gasteiger partial charge in [-0.25, -0.2) is 0 Å². The Labute approximate surface area is 132 Å². The highest BCUT2D eigenvalue weighted by Gasteiger charge is 2.27. The number of carbonyl (C=O) groups excluding carboxylic acids is 1. The third kappa shape index (κ3) is 3.66. The van der Waals surface area contributed by atoms with Crippen molar-refractivity contribution in [3.8, 4) is 11.5 Å². The van der Waals surface area contributed by atoms with Gasteiger partial charge in [-0.1, -0.05) is 0 Å². The molecular weight excluding hydrogens is 338 g/mol. The van der Waals surface area contributed by atoms with Gasteiger partial charge in [0, 0.05) is 19.6 Å². The van der Waals surface area contributed by atoms with Gasteiger partial charge >= 0.3 is 0 Å². The van der Waals surface area contributed by atoms with E-state index in [1.165, 1.54) is 7.11 Å². The van der Waals surface area contributed by atoms with Crippen LogP contribution >= 0.6 is 15.9 Å². The van der Waals surface area contributed by atoms with Gasteiger partial charge in [0.25, 0.3) is 0 Å². The molecule has 0 bridgehead atoms. The number of nitrogens with one attached hydrogen (secondary N) is 1. The van der Waals surface area contributed by atoms with Gasteiger partial charge in [0.1, 0.15) is 6.04 Å². The third-order valence-electron chi connectivity index (χ3n) is 3.60. The summed E-state index contributed by atoms with van der Waals surface area (Å²) >= 11 is 3.28. The number of carbonyl (C=O) groups is 1. The zero-order valence-electron chi connectivity index (χ0n) is 11.9. The van der Waals surface area contributed by atoms with E-state index in [2.05, 4.69) is 26.1 Å². The molecule has 1 aromatic carbocycles. The lowest BCUT2D eigenvalue weighted by molar-refractivity contribution is -0.123. The Bertz CT molecular complexity index is 516. The molecule has 1 saturated heterocycles. The number of aromatic hydroxyl groups is 1. The molecule has 6 nitrogen and oxygen atoms in total. The minimum atomic E-state index is -0.532. The van der Waals surface area contributed by atoms with Gasteiger partial charge in [-0.3, -0.25) is 9.69 Å². The maximum Gasteiger partial charge on any atom is 0.239 e. The lowest BCUT2D eigenvalue weighted by Gasteiger charge is -2.28. The minimum absolute atomic E-state index is 0.0157. The molecule has 0 radical (unpaired) electrons. The fraction of sp³-hybridized carbons (Fsp3) is 0.500. The fourth-order valence-electron chi connectivity index (χ4n) is 2.59. The lowest BCUT2D eigenvalue weighted by atomic mass is 10.0. The lowest BCUT2D eigenvalue weighted by Crippen LogP contribution is -2.39. The molecule has 0 spiro atoms. The first-order valence-corrected chi connectivity index (χ1v) is 7.64. The van der Waals surface area contributed by atoms with Gasteiger partial charge in [-0.05, 0) is 46.6 Å². The van der Waals surface area contributed by atoms with Crippen molar-refractivity contribution in [1.29, 1.82) is 0 Å². The highest BCUT2D eigenvalue weighted by Crippen LogP contribution is 2.38. The molecule has 2 rings (SSSR count). The summed E-state index contributed by atoms with van der Waals surface area (Å²) in [6, 6.07) is 2.84. The minimum Gasteiger partial charge on any atom is -0.503 e. The van der Waals surface area contributed by atoms with Crippen LogP contribution < -0.4 is 15.8 Å². The molecule has 7 heteroatoms. The first kappa shape index (κ1) is 16.1. The van der Waals surface area contributed by atoms with Crippen LogP contribution in [-0.4, -0.2) is 49.2 Å². The number of phenolic OH excluding ortho intramolecular Hbond substituents is 1. The van der Waals surface area contributed by atoms with E-state index >= 15 is 0 Å². The van der Waals surface area contributed by atoms with Crippen LogP contribution in [-0.2, 0) is 4.79 Å². The number of benzene rings is 1. The van der Waals surface area contributed by atoms with Gasteiger partial charge in [-0.2, -0.15) is 0 Å². The number of hydrogen-bond donors (Lipinski definition) is 3. The molecule has 21 heavy (non-hydrogen) atoms. The SMILES string of the molecule is COc1cc(C(C(N)=O)N2CCCNCC2)cc(Br)c1O. The van der Waals surface area contributed by atoms with E-state index in [0.29, 0.717) is 15.8 Å². The van der Waals surface area contributed by atoms with E-state index in [4.69, 9.17) is 10.5 Å². The van der Waals surface area contributed by atoms with E-state index in [1.807, 2.05) is 0 Å². The van der Waals surface area contributed by atoms with E-state index in [1.54, 1.807) is 12.1 Å². The number of ether oxygens (including phenoxy) is 1. The molecule has 0 aliphatic carbocycles. The molecular formula is C14H20BrN3O3. The summed E-state index contributed by atoms with van der Waals surface area (Å²) in [4.78, 5) is 14.0. The third-order valence-corrected chi connectivity index (χ3v) is 4.20. The summed E-state index contributed by atoms with van der Waals surface area (Å²) < 4.78 is 5.63. The standard InChI is InChI=1S/C14H20BrN3O3/c1-21-11-8-9(7-10(15)13(11)19)12(14(16)20)18-5-2-3-17-4-6-18/h7-8,12,17,19H,2-6H2,1H3,(H2,16,20). The molecule has 1 aliphatic heterocycles. The average Bonchev–Trinajstić information content (AvgIpc) is 2.71. The Balaban J connectivity index is 2.37. The first-order valence-electron chi connectivity index (χ1n) is 6.85. The topological polar surface area (TPSA) is 87.8 Å². The van der Waals surface area contributed by atoms with Gasteiger partial charge < -0.3 is 20.9 Å². The van der Waals surface area contributed by atoms with Crippen LogP contribution in [0.4, 0.5) is 0 Å². The van der Waals surface area contributed by atoms with Crippen LogP contribution in [0.5, 0.6) is 11.5 Å². The molecule has 0 aromatic heterocycles. The van der Waals surface area contributed by atoms with E-state index in [0.717, 1.165) is 32.6 Å². The van der Waals surface area contributed by atoms with Crippen molar-refractivity contribution >= 4 is 21.8 Å². The highest BCUT2D eigenvalue weighted by atomic mass is 79.9. The number of nitrogens with two attached hydrogens (primary N) is 1. The number of halogens is 1. The van der Waals surface area contributed by atoms with Crippen LogP contribution in [0.15, 0.2) is 16.6 Å². The number of phenols is 1. The monoisotopic (exact) mass is 357 g/mol. The Morgan fingerprint density at radius 3 is 2.90 bits per heavy atom. The van der Waals surface area contributed by atoms with Crippen molar-refractivity contribution in [2.24, 2.45) is 5.73 Å². The first-order chi connectivity index (χ1) is 10.0. The summed E-state index contributed by atoms with van der Waals surface area (Å²) in [5, 5.41) is 13.2. The molecule has 1 heterocycles. The predicted molar refractivity (Wildman–Crippen MR) is 83.4 cm³/mol. The maximum absolute atomic E-state index is 11.9. The quantitative estimate of drug-likeness (QED) is 0.747. The van der Waals surface area contributed by atoms with Crippen molar-refractivity contribution in [1.82, 2.24) is 10.2 Å². The zero-order chi connectivity index (χ0) is 15.4. The Morgan fingerprint density at radius 1 is 1.48 bits per heavy atom. The van der Waals surface area contributed by atoms with Crippen LogP contribution in [0.2, 0.25) is 0 Å². The van der Waals surface area contributed by atoms with Gasteiger partial charge in [0.15, 0.2) is 11.5 Å². The van der Waals surface area contributed by atoms with Crippen molar-refractivity contribution in [2.45, 2.75) is 12.5 Å². The smallest absolute Gasteiger partial charge is 0.239 e. The fourth-order valence-corrected chi connectivity index (χ4v) is 3.05. The Kier molecular flexibility index (Phi) is 5.44. The predicted octanol–water partition coefficient (Wildman–Crippen LogP) is 0.985. The maximum atomic E-state index is 11.9. The van der Waals surface area contributed by atoms with Gasteiger partial charge in [0.05, 0.1) is 11.6 Å². The van der Waals surface area contributed by atoms with Crippen LogP contribution in [0.3, 0.4) is 0 Å². The Morgan fingerprint density at radius 2 is 2.24 bits per heavy atom. The number of methoxy groups -OCH3 is 1. The molecule has 1 atom stereocenters. The van der Waals surface area contributed by atoms with Crippen molar-refractivity contribution in [3.63, 3.8) is 0 Å².